The number of rotatable bonds is 4. The fraction of sp³-hybridized carbons (Fsp3) is 0.556. The van der Waals surface area contributed by atoms with Crippen LogP contribution in [0.5, 0.6) is 0 Å². The number of hydrogen-bond acceptors (Lipinski definition) is 2. The molecule has 3 saturated heterocycles. The zero-order chi connectivity index (χ0) is 17.3. The largest absolute Gasteiger partial charge is 0.340 e. The summed E-state index contributed by atoms with van der Waals surface area (Å²) < 4.78 is 13.2. The number of fused-ring (bicyclic) bond motifs is 4. The van der Waals surface area contributed by atoms with E-state index in [1.165, 1.54) is 12.1 Å². The fourth-order valence-electron chi connectivity index (χ4n) is 3.71. The molecule has 3 heterocycles. The lowest BCUT2D eigenvalue weighted by molar-refractivity contribution is -0.139. The summed E-state index contributed by atoms with van der Waals surface area (Å²) in [6.07, 6.45) is 2.93. The van der Waals surface area contributed by atoms with Gasteiger partial charge in [0.15, 0.2) is 0 Å². The van der Waals surface area contributed by atoms with E-state index in [0.717, 1.165) is 25.8 Å². The van der Waals surface area contributed by atoms with E-state index in [0.29, 0.717) is 18.7 Å². The molecule has 0 aliphatic carbocycles. The lowest BCUT2D eigenvalue weighted by Gasteiger charge is -2.35. The van der Waals surface area contributed by atoms with Crippen molar-refractivity contribution in [3.05, 3.63) is 34.6 Å². The Kier molecular flexibility index (Phi) is 5.09. The summed E-state index contributed by atoms with van der Waals surface area (Å²) in [5.41, 5.74) is 0.694. The van der Waals surface area contributed by atoms with Crippen LogP contribution in [-0.4, -0.2) is 47.3 Å². The normalized spacial score (nSPS) is 23.5. The Morgan fingerprint density at radius 2 is 2.12 bits per heavy atom. The van der Waals surface area contributed by atoms with Crippen LogP contribution >= 0.6 is 11.6 Å². The Morgan fingerprint density at radius 3 is 2.83 bits per heavy atom. The van der Waals surface area contributed by atoms with Gasteiger partial charge in [-0.2, -0.15) is 0 Å². The highest BCUT2D eigenvalue weighted by molar-refractivity contribution is 6.30. The maximum atomic E-state index is 13.2. The first-order valence-electron chi connectivity index (χ1n) is 8.51. The molecule has 2 amide bonds. The van der Waals surface area contributed by atoms with E-state index in [1.54, 1.807) is 11.0 Å². The average molecular weight is 353 g/mol. The second kappa shape index (κ2) is 7.09. The van der Waals surface area contributed by atoms with Crippen LogP contribution in [0, 0.1) is 11.7 Å². The molecule has 1 aromatic carbocycles. The van der Waals surface area contributed by atoms with Crippen LogP contribution in [0.3, 0.4) is 0 Å². The molecule has 3 fully saturated rings. The molecule has 4 rings (SSSR count). The molecule has 3 aliphatic rings. The molecule has 0 saturated carbocycles. The third kappa shape index (κ3) is 3.41. The number of carbonyl (C=O) groups excluding carboxylic acids is 2. The van der Waals surface area contributed by atoms with E-state index in [4.69, 9.17) is 11.6 Å². The third-order valence-electron chi connectivity index (χ3n) is 4.95. The SMILES string of the molecule is CCCN1C(=O)[C@H]2CC[C@@H]1CN(C(=O)Cc1ccc(F)c(Cl)c1)C2. The molecular weight excluding hydrogens is 331 g/mol. The van der Waals surface area contributed by atoms with E-state index in [1.807, 2.05) is 4.90 Å². The molecule has 24 heavy (non-hydrogen) atoms. The topological polar surface area (TPSA) is 40.6 Å². The molecule has 0 aromatic heterocycles. The molecule has 2 atom stereocenters. The first kappa shape index (κ1) is 17.2. The zero-order valence-electron chi connectivity index (χ0n) is 13.8. The van der Waals surface area contributed by atoms with Crippen molar-refractivity contribution in [3.63, 3.8) is 0 Å². The third-order valence-corrected chi connectivity index (χ3v) is 5.24. The van der Waals surface area contributed by atoms with Crippen molar-refractivity contribution >= 4 is 23.4 Å². The van der Waals surface area contributed by atoms with Crippen molar-refractivity contribution in [1.29, 1.82) is 0 Å². The lowest BCUT2D eigenvalue weighted by Crippen LogP contribution is -2.48. The number of benzene rings is 1. The number of piperidine rings is 1. The minimum Gasteiger partial charge on any atom is -0.340 e. The van der Waals surface area contributed by atoms with Crippen molar-refractivity contribution in [2.24, 2.45) is 5.92 Å². The zero-order valence-corrected chi connectivity index (χ0v) is 14.6. The molecule has 130 valence electrons. The number of hydrogen-bond donors (Lipinski definition) is 0. The van der Waals surface area contributed by atoms with Gasteiger partial charge in [0.05, 0.1) is 17.4 Å². The van der Waals surface area contributed by atoms with Crippen LogP contribution < -0.4 is 0 Å². The van der Waals surface area contributed by atoms with Gasteiger partial charge in [-0.05, 0) is 37.0 Å². The van der Waals surface area contributed by atoms with Gasteiger partial charge < -0.3 is 9.80 Å². The first-order chi connectivity index (χ1) is 11.5. The molecule has 4 nitrogen and oxygen atoms in total. The van der Waals surface area contributed by atoms with Crippen LogP contribution in [0.15, 0.2) is 18.2 Å². The fourth-order valence-corrected chi connectivity index (χ4v) is 3.92. The van der Waals surface area contributed by atoms with E-state index < -0.39 is 5.82 Å². The number of nitrogens with zero attached hydrogens (tertiary/aromatic N) is 2. The number of carbonyl (C=O) groups is 2. The van der Waals surface area contributed by atoms with Crippen molar-refractivity contribution in [2.45, 2.75) is 38.6 Å². The minimum absolute atomic E-state index is 0.0271. The van der Waals surface area contributed by atoms with Crippen molar-refractivity contribution in [1.82, 2.24) is 9.80 Å². The van der Waals surface area contributed by atoms with Gasteiger partial charge in [-0.25, -0.2) is 4.39 Å². The van der Waals surface area contributed by atoms with Gasteiger partial charge in [0, 0.05) is 25.7 Å². The summed E-state index contributed by atoms with van der Waals surface area (Å²) in [6, 6.07) is 4.48. The number of halogens is 2. The predicted octanol–water partition coefficient (Wildman–Crippen LogP) is 2.88. The molecule has 2 bridgehead atoms. The van der Waals surface area contributed by atoms with Gasteiger partial charge in [0.1, 0.15) is 5.82 Å². The van der Waals surface area contributed by atoms with Crippen LogP contribution in [0.25, 0.3) is 0 Å². The van der Waals surface area contributed by atoms with Crippen LogP contribution in [0.4, 0.5) is 4.39 Å². The molecule has 0 spiro atoms. The Labute approximate surface area is 146 Å². The van der Waals surface area contributed by atoms with E-state index in [2.05, 4.69) is 6.92 Å². The molecule has 0 N–H and O–H groups in total. The van der Waals surface area contributed by atoms with E-state index in [9.17, 15) is 14.0 Å². The van der Waals surface area contributed by atoms with Crippen LogP contribution in [-0.2, 0) is 16.0 Å². The first-order valence-corrected chi connectivity index (χ1v) is 8.89. The summed E-state index contributed by atoms with van der Waals surface area (Å²) >= 11 is 5.79. The second-order valence-electron chi connectivity index (χ2n) is 6.68. The summed E-state index contributed by atoms with van der Waals surface area (Å²) in [7, 11) is 0. The average Bonchev–Trinajstić information content (AvgIpc) is 2.84. The van der Waals surface area contributed by atoms with Gasteiger partial charge >= 0.3 is 0 Å². The Balaban J connectivity index is 1.72. The minimum atomic E-state index is -0.485. The maximum absolute atomic E-state index is 13.2. The Morgan fingerprint density at radius 1 is 1.33 bits per heavy atom. The van der Waals surface area contributed by atoms with Gasteiger partial charge in [-0.1, -0.05) is 24.6 Å². The molecule has 1 aromatic rings. The smallest absolute Gasteiger partial charge is 0.227 e. The van der Waals surface area contributed by atoms with Crippen LogP contribution in [0.2, 0.25) is 5.02 Å². The summed E-state index contributed by atoms with van der Waals surface area (Å²) in [6.45, 7) is 3.90. The quantitative estimate of drug-likeness (QED) is 0.836. The summed E-state index contributed by atoms with van der Waals surface area (Å²) in [5.74, 6) is -0.411. The van der Waals surface area contributed by atoms with Gasteiger partial charge in [0.25, 0.3) is 0 Å². The highest BCUT2D eigenvalue weighted by Crippen LogP contribution is 2.29. The molecule has 6 heteroatoms. The van der Waals surface area contributed by atoms with E-state index in [-0.39, 0.29) is 35.2 Å². The predicted molar refractivity (Wildman–Crippen MR) is 90.2 cm³/mol. The van der Waals surface area contributed by atoms with Gasteiger partial charge in [0.2, 0.25) is 11.8 Å². The second-order valence-corrected chi connectivity index (χ2v) is 7.09. The standard InChI is InChI=1S/C18H22ClFN2O2/c1-2-7-22-14-5-4-13(18(22)24)10-21(11-14)17(23)9-12-3-6-16(20)15(19)8-12/h3,6,8,13-14H,2,4-5,7,9-11H2,1H3/t13-,14+/m0/s1. The molecule has 0 radical (unpaired) electrons. The highest BCUT2D eigenvalue weighted by atomic mass is 35.5. The van der Waals surface area contributed by atoms with Crippen LogP contribution in [0.1, 0.15) is 31.7 Å². The molecule has 0 unspecified atom stereocenters. The van der Waals surface area contributed by atoms with E-state index >= 15 is 0 Å². The van der Waals surface area contributed by atoms with Gasteiger partial charge in [-0.3, -0.25) is 9.59 Å². The Bertz CT molecular complexity index is 652. The van der Waals surface area contributed by atoms with Gasteiger partial charge in [-0.15, -0.1) is 0 Å². The maximum Gasteiger partial charge on any atom is 0.227 e. The summed E-state index contributed by atoms with van der Waals surface area (Å²) in [4.78, 5) is 29.0. The van der Waals surface area contributed by atoms with Crippen molar-refractivity contribution in [3.8, 4) is 0 Å². The Hall–Kier alpha value is -1.62. The van der Waals surface area contributed by atoms with Crippen molar-refractivity contribution in [2.75, 3.05) is 19.6 Å². The molecule has 3 aliphatic heterocycles. The van der Waals surface area contributed by atoms with Crippen molar-refractivity contribution < 1.29 is 14.0 Å². The highest BCUT2D eigenvalue weighted by Gasteiger charge is 2.41. The number of amides is 2. The lowest BCUT2D eigenvalue weighted by atomic mass is 9.94. The molecular formula is C18H22ClFN2O2. The summed E-state index contributed by atoms with van der Waals surface area (Å²) in [5, 5.41) is 0.0283. The monoisotopic (exact) mass is 352 g/mol.